The third-order valence-corrected chi connectivity index (χ3v) is 4.79. The van der Waals surface area contributed by atoms with Gasteiger partial charge in [-0.2, -0.15) is 0 Å². The SMILES string of the molecule is COc1ccc([C@H]2CC(=O)Nc3cc(OC)c(OC)cc32)cc1Br. The number of rotatable bonds is 4. The van der Waals surface area contributed by atoms with Gasteiger partial charge in [0.1, 0.15) is 5.75 Å². The van der Waals surface area contributed by atoms with E-state index in [0.717, 1.165) is 27.0 Å². The van der Waals surface area contributed by atoms with E-state index >= 15 is 0 Å². The van der Waals surface area contributed by atoms with Crippen LogP contribution in [0.2, 0.25) is 0 Å². The zero-order valence-electron chi connectivity index (χ0n) is 13.7. The number of carbonyl (C=O) groups excluding carboxylic acids is 1. The molecule has 24 heavy (non-hydrogen) atoms. The number of ether oxygens (including phenoxy) is 3. The van der Waals surface area contributed by atoms with Crippen LogP contribution in [0.3, 0.4) is 0 Å². The van der Waals surface area contributed by atoms with Gasteiger partial charge in [0, 0.05) is 24.1 Å². The molecule has 0 unspecified atom stereocenters. The second-order valence-electron chi connectivity index (χ2n) is 5.49. The molecule has 1 heterocycles. The van der Waals surface area contributed by atoms with E-state index in [2.05, 4.69) is 21.2 Å². The molecule has 2 aromatic carbocycles. The topological polar surface area (TPSA) is 56.8 Å². The van der Waals surface area contributed by atoms with Gasteiger partial charge in [0.05, 0.1) is 25.8 Å². The van der Waals surface area contributed by atoms with Crippen molar-refractivity contribution in [2.45, 2.75) is 12.3 Å². The number of carbonyl (C=O) groups is 1. The third-order valence-electron chi connectivity index (χ3n) is 4.17. The van der Waals surface area contributed by atoms with Crippen LogP contribution < -0.4 is 19.5 Å². The molecule has 1 amide bonds. The van der Waals surface area contributed by atoms with Crippen molar-refractivity contribution in [3.8, 4) is 17.2 Å². The molecule has 1 atom stereocenters. The van der Waals surface area contributed by atoms with Crippen molar-refractivity contribution in [2.24, 2.45) is 0 Å². The Labute approximate surface area is 149 Å². The first-order chi connectivity index (χ1) is 11.6. The van der Waals surface area contributed by atoms with Crippen molar-refractivity contribution in [3.63, 3.8) is 0 Å². The van der Waals surface area contributed by atoms with E-state index in [1.165, 1.54) is 0 Å². The van der Waals surface area contributed by atoms with E-state index in [0.29, 0.717) is 17.9 Å². The molecule has 126 valence electrons. The van der Waals surface area contributed by atoms with Crippen molar-refractivity contribution in [3.05, 3.63) is 45.9 Å². The van der Waals surface area contributed by atoms with Crippen LogP contribution in [0.1, 0.15) is 23.5 Å². The quantitative estimate of drug-likeness (QED) is 0.856. The molecule has 2 aromatic rings. The van der Waals surface area contributed by atoms with Crippen molar-refractivity contribution in [2.75, 3.05) is 26.6 Å². The van der Waals surface area contributed by atoms with Crippen molar-refractivity contribution in [1.29, 1.82) is 0 Å². The summed E-state index contributed by atoms with van der Waals surface area (Å²) in [4.78, 5) is 12.2. The highest BCUT2D eigenvalue weighted by Gasteiger charge is 2.28. The molecule has 0 radical (unpaired) electrons. The summed E-state index contributed by atoms with van der Waals surface area (Å²) in [5.74, 6) is 1.91. The molecule has 0 bridgehead atoms. The van der Waals surface area contributed by atoms with E-state index in [9.17, 15) is 4.79 Å². The number of hydrogen-bond donors (Lipinski definition) is 1. The van der Waals surface area contributed by atoms with Gasteiger partial charge in [-0.1, -0.05) is 6.07 Å². The average molecular weight is 392 g/mol. The molecule has 1 N–H and O–H groups in total. The van der Waals surface area contributed by atoms with Gasteiger partial charge < -0.3 is 19.5 Å². The summed E-state index contributed by atoms with van der Waals surface area (Å²) in [6.45, 7) is 0. The monoisotopic (exact) mass is 391 g/mol. The summed E-state index contributed by atoms with van der Waals surface area (Å²) in [6, 6.07) is 9.59. The summed E-state index contributed by atoms with van der Waals surface area (Å²) < 4.78 is 16.9. The average Bonchev–Trinajstić information content (AvgIpc) is 2.59. The lowest BCUT2D eigenvalue weighted by molar-refractivity contribution is -0.116. The fourth-order valence-electron chi connectivity index (χ4n) is 2.98. The molecule has 0 saturated carbocycles. The van der Waals surface area contributed by atoms with Gasteiger partial charge in [-0.3, -0.25) is 4.79 Å². The van der Waals surface area contributed by atoms with Crippen LogP contribution in [0, 0.1) is 0 Å². The summed E-state index contributed by atoms with van der Waals surface area (Å²) in [6.07, 6.45) is 0.376. The van der Waals surface area contributed by atoms with Crippen LogP contribution in [0.5, 0.6) is 17.2 Å². The Bertz CT molecular complexity index is 791. The van der Waals surface area contributed by atoms with Crippen LogP contribution >= 0.6 is 15.9 Å². The molecular weight excluding hydrogens is 374 g/mol. The van der Waals surface area contributed by atoms with Crippen LogP contribution in [0.15, 0.2) is 34.8 Å². The minimum atomic E-state index is -0.0595. The first-order valence-corrected chi connectivity index (χ1v) is 8.26. The van der Waals surface area contributed by atoms with Crippen molar-refractivity contribution < 1.29 is 19.0 Å². The summed E-state index contributed by atoms with van der Waals surface area (Å²) in [5.41, 5.74) is 2.79. The summed E-state index contributed by atoms with van der Waals surface area (Å²) in [5, 5.41) is 2.91. The summed E-state index contributed by atoms with van der Waals surface area (Å²) in [7, 11) is 4.80. The molecule has 0 saturated heterocycles. The maximum absolute atomic E-state index is 12.2. The van der Waals surface area contributed by atoms with Crippen LogP contribution in [-0.4, -0.2) is 27.2 Å². The number of nitrogens with one attached hydrogen (secondary N) is 1. The highest BCUT2D eigenvalue weighted by molar-refractivity contribution is 9.10. The molecule has 0 fully saturated rings. The van der Waals surface area contributed by atoms with Gasteiger partial charge in [-0.05, 0) is 45.3 Å². The van der Waals surface area contributed by atoms with Crippen LogP contribution in [0.4, 0.5) is 5.69 Å². The fraction of sp³-hybridized carbons (Fsp3) is 0.278. The fourth-order valence-corrected chi connectivity index (χ4v) is 3.54. The lowest BCUT2D eigenvalue weighted by Gasteiger charge is -2.27. The Kier molecular flexibility index (Phi) is 4.66. The molecule has 3 rings (SSSR count). The van der Waals surface area contributed by atoms with Crippen LogP contribution in [-0.2, 0) is 4.79 Å². The number of amides is 1. The van der Waals surface area contributed by atoms with Crippen LogP contribution in [0.25, 0.3) is 0 Å². The van der Waals surface area contributed by atoms with Gasteiger partial charge in [0.15, 0.2) is 11.5 Å². The molecule has 0 aromatic heterocycles. The predicted molar refractivity (Wildman–Crippen MR) is 95.3 cm³/mol. The second-order valence-corrected chi connectivity index (χ2v) is 6.35. The predicted octanol–water partition coefficient (Wildman–Crippen LogP) is 3.95. The summed E-state index contributed by atoms with van der Waals surface area (Å²) >= 11 is 3.51. The minimum Gasteiger partial charge on any atom is -0.496 e. The highest BCUT2D eigenvalue weighted by Crippen LogP contribution is 2.44. The Morgan fingerprint density at radius 3 is 2.29 bits per heavy atom. The number of benzene rings is 2. The lowest BCUT2D eigenvalue weighted by atomic mass is 9.84. The maximum Gasteiger partial charge on any atom is 0.225 e. The van der Waals surface area contributed by atoms with Gasteiger partial charge in [0.25, 0.3) is 0 Å². The van der Waals surface area contributed by atoms with E-state index in [-0.39, 0.29) is 11.8 Å². The maximum atomic E-state index is 12.2. The first kappa shape index (κ1) is 16.6. The Morgan fingerprint density at radius 1 is 1.00 bits per heavy atom. The first-order valence-electron chi connectivity index (χ1n) is 7.46. The highest BCUT2D eigenvalue weighted by atomic mass is 79.9. The molecule has 5 nitrogen and oxygen atoms in total. The van der Waals surface area contributed by atoms with Crippen molar-refractivity contribution in [1.82, 2.24) is 0 Å². The van der Waals surface area contributed by atoms with Gasteiger partial charge >= 0.3 is 0 Å². The van der Waals surface area contributed by atoms with E-state index in [4.69, 9.17) is 14.2 Å². The Hall–Kier alpha value is -2.21. The molecule has 6 heteroatoms. The molecule has 1 aliphatic heterocycles. The van der Waals surface area contributed by atoms with Gasteiger partial charge in [-0.15, -0.1) is 0 Å². The number of anilines is 1. The second kappa shape index (κ2) is 6.73. The number of hydrogen-bond acceptors (Lipinski definition) is 4. The molecule has 1 aliphatic rings. The largest absolute Gasteiger partial charge is 0.496 e. The lowest BCUT2D eigenvalue weighted by Crippen LogP contribution is -2.23. The number of fused-ring (bicyclic) bond motifs is 1. The third kappa shape index (κ3) is 2.94. The van der Waals surface area contributed by atoms with Gasteiger partial charge in [-0.25, -0.2) is 0 Å². The van der Waals surface area contributed by atoms with E-state index in [1.807, 2.05) is 24.3 Å². The molecule has 0 spiro atoms. The number of halogens is 1. The molecule has 0 aliphatic carbocycles. The van der Waals surface area contributed by atoms with E-state index in [1.54, 1.807) is 27.4 Å². The normalized spacial score (nSPS) is 16.2. The smallest absolute Gasteiger partial charge is 0.225 e. The number of methoxy groups -OCH3 is 3. The standard InChI is InChI=1S/C18H18BrNO4/c1-22-15-5-4-10(6-13(15)19)11-8-18(21)20-14-9-17(24-3)16(23-2)7-12(11)14/h4-7,9,11H,8H2,1-3H3,(H,20,21)/t11-/m1/s1. The van der Waals surface area contributed by atoms with Gasteiger partial charge in [0.2, 0.25) is 5.91 Å². The zero-order chi connectivity index (χ0) is 17.3. The Morgan fingerprint density at radius 2 is 1.67 bits per heavy atom. The minimum absolute atomic E-state index is 0.0216. The molecular formula is C18H18BrNO4. The van der Waals surface area contributed by atoms with E-state index < -0.39 is 0 Å². The van der Waals surface area contributed by atoms with Crippen molar-refractivity contribution >= 4 is 27.5 Å². The Balaban J connectivity index is 2.11. The zero-order valence-corrected chi connectivity index (χ0v) is 15.3.